The quantitative estimate of drug-likeness (QED) is 0.812. The molecule has 7 heteroatoms. The molecule has 1 saturated heterocycles. The van der Waals surface area contributed by atoms with Gasteiger partial charge in [0.2, 0.25) is 10.0 Å². The molecular weight excluding hydrogens is 364 g/mol. The maximum Gasteiger partial charge on any atom is 0.258 e. The predicted molar refractivity (Wildman–Crippen MR) is 102 cm³/mol. The maximum atomic E-state index is 12.9. The number of sulfonamides is 1. The van der Waals surface area contributed by atoms with Gasteiger partial charge in [0.25, 0.3) is 5.91 Å². The number of benzene rings is 2. The standard InChI is InChI=1S/C20H22N2O4S/c1-15-14-21(12-13-26-15)27(24,25)18-8-6-17(7-9-18)20(23)22-11-10-16-4-2-3-5-19(16)22/h2-9,15H,10-14H2,1H3. The number of rotatable bonds is 3. The molecule has 4 rings (SSSR count). The minimum Gasteiger partial charge on any atom is -0.376 e. The van der Waals surface area contributed by atoms with Gasteiger partial charge in [-0.1, -0.05) is 18.2 Å². The summed E-state index contributed by atoms with van der Waals surface area (Å²) in [5.41, 5.74) is 2.58. The Kier molecular flexibility index (Phi) is 4.75. The Labute approximate surface area is 159 Å². The molecule has 0 spiro atoms. The van der Waals surface area contributed by atoms with Crippen molar-refractivity contribution in [3.63, 3.8) is 0 Å². The van der Waals surface area contributed by atoms with Crippen molar-refractivity contribution in [3.05, 3.63) is 59.7 Å². The van der Waals surface area contributed by atoms with Crippen molar-refractivity contribution in [1.29, 1.82) is 0 Å². The summed E-state index contributed by atoms with van der Waals surface area (Å²) in [5.74, 6) is -0.108. The summed E-state index contributed by atoms with van der Waals surface area (Å²) in [6.07, 6.45) is 0.716. The molecule has 6 nitrogen and oxygen atoms in total. The highest BCUT2D eigenvalue weighted by Crippen LogP contribution is 2.29. The van der Waals surface area contributed by atoms with Crippen LogP contribution in [0.1, 0.15) is 22.8 Å². The van der Waals surface area contributed by atoms with Crippen LogP contribution >= 0.6 is 0 Å². The van der Waals surface area contributed by atoms with E-state index >= 15 is 0 Å². The van der Waals surface area contributed by atoms with Crippen LogP contribution in [0.2, 0.25) is 0 Å². The monoisotopic (exact) mass is 386 g/mol. The topological polar surface area (TPSA) is 66.9 Å². The highest BCUT2D eigenvalue weighted by atomic mass is 32.2. The normalized spacial score (nSPS) is 20.5. The van der Waals surface area contributed by atoms with Crippen LogP contribution in [0.4, 0.5) is 5.69 Å². The van der Waals surface area contributed by atoms with E-state index in [4.69, 9.17) is 4.74 Å². The first-order valence-corrected chi connectivity index (χ1v) is 10.5. The number of carbonyl (C=O) groups is 1. The van der Waals surface area contributed by atoms with Gasteiger partial charge in [0.05, 0.1) is 17.6 Å². The number of amides is 1. The van der Waals surface area contributed by atoms with Crippen LogP contribution in [0.5, 0.6) is 0 Å². The Morgan fingerprint density at radius 1 is 1.07 bits per heavy atom. The SMILES string of the molecule is CC1CN(S(=O)(=O)c2ccc(C(=O)N3CCc4ccccc43)cc2)CCO1. The molecule has 2 heterocycles. The largest absolute Gasteiger partial charge is 0.376 e. The summed E-state index contributed by atoms with van der Waals surface area (Å²) >= 11 is 0. The van der Waals surface area contributed by atoms with E-state index in [9.17, 15) is 13.2 Å². The second-order valence-corrected chi connectivity index (χ2v) is 8.84. The number of anilines is 1. The van der Waals surface area contributed by atoms with Crippen LogP contribution < -0.4 is 4.90 Å². The van der Waals surface area contributed by atoms with Crippen LogP contribution in [0, 0.1) is 0 Å². The molecule has 0 N–H and O–H groups in total. The lowest BCUT2D eigenvalue weighted by Crippen LogP contribution is -2.44. The van der Waals surface area contributed by atoms with Gasteiger partial charge in [-0.3, -0.25) is 4.79 Å². The lowest BCUT2D eigenvalue weighted by atomic mass is 10.1. The maximum absolute atomic E-state index is 12.9. The Morgan fingerprint density at radius 3 is 2.56 bits per heavy atom. The van der Waals surface area contributed by atoms with Crippen LogP contribution in [-0.4, -0.2) is 51.0 Å². The summed E-state index contributed by atoms with van der Waals surface area (Å²) in [6.45, 7) is 3.58. The molecule has 2 aliphatic heterocycles. The third-order valence-electron chi connectivity index (χ3n) is 5.08. The van der Waals surface area contributed by atoms with Crippen molar-refractivity contribution in [2.45, 2.75) is 24.3 Å². The first kappa shape index (κ1) is 18.2. The Balaban J connectivity index is 1.55. The molecule has 0 bridgehead atoms. The molecule has 1 amide bonds. The molecule has 142 valence electrons. The highest BCUT2D eigenvalue weighted by Gasteiger charge is 2.30. The van der Waals surface area contributed by atoms with E-state index in [0.29, 0.717) is 31.8 Å². The minimum atomic E-state index is -3.58. The Hall–Kier alpha value is -2.22. The summed E-state index contributed by atoms with van der Waals surface area (Å²) < 4.78 is 32.5. The van der Waals surface area contributed by atoms with Gasteiger partial charge < -0.3 is 9.64 Å². The van der Waals surface area contributed by atoms with Crippen LogP contribution in [0.25, 0.3) is 0 Å². The van der Waals surface area contributed by atoms with E-state index < -0.39 is 10.0 Å². The molecule has 27 heavy (non-hydrogen) atoms. The number of morpholine rings is 1. The number of carbonyl (C=O) groups excluding carboxylic acids is 1. The average molecular weight is 386 g/mol. The smallest absolute Gasteiger partial charge is 0.258 e. The summed E-state index contributed by atoms with van der Waals surface area (Å²) in [6, 6.07) is 14.1. The zero-order valence-electron chi connectivity index (χ0n) is 15.2. The van der Waals surface area contributed by atoms with E-state index in [1.165, 1.54) is 16.4 Å². The minimum absolute atomic E-state index is 0.108. The van der Waals surface area contributed by atoms with Gasteiger partial charge in [-0.05, 0) is 49.2 Å². The van der Waals surface area contributed by atoms with Gasteiger partial charge in [-0.15, -0.1) is 0 Å². The molecule has 1 atom stereocenters. The Bertz CT molecular complexity index is 956. The predicted octanol–water partition coefficient (Wildman–Crippen LogP) is 2.30. The van der Waals surface area contributed by atoms with Crippen molar-refractivity contribution in [2.75, 3.05) is 31.1 Å². The number of hydrogen-bond donors (Lipinski definition) is 0. The summed E-state index contributed by atoms with van der Waals surface area (Å²) in [4.78, 5) is 14.8. The van der Waals surface area contributed by atoms with Crippen molar-refractivity contribution in [1.82, 2.24) is 4.31 Å². The Morgan fingerprint density at radius 2 is 1.81 bits per heavy atom. The van der Waals surface area contributed by atoms with E-state index in [1.807, 2.05) is 31.2 Å². The summed E-state index contributed by atoms with van der Waals surface area (Å²) in [7, 11) is -3.58. The molecule has 0 aromatic heterocycles. The first-order valence-electron chi connectivity index (χ1n) is 9.08. The van der Waals surface area contributed by atoms with Crippen molar-refractivity contribution < 1.29 is 17.9 Å². The van der Waals surface area contributed by atoms with Gasteiger partial charge in [0, 0.05) is 30.9 Å². The van der Waals surface area contributed by atoms with Crippen molar-refractivity contribution in [3.8, 4) is 0 Å². The number of ether oxygens (including phenoxy) is 1. The van der Waals surface area contributed by atoms with Gasteiger partial charge in [-0.2, -0.15) is 4.31 Å². The molecule has 0 aliphatic carbocycles. The zero-order chi connectivity index (χ0) is 19.0. The molecule has 2 aromatic rings. The summed E-state index contributed by atoms with van der Waals surface area (Å²) in [5, 5.41) is 0. The second-order valence-electron chi connectivity index (χ2n) is 6.90. The molecule has 0 radical (unpaired) electrons. The van der Waals surface area contributed by atoms with Crippen LogP contribution in [0.15, 0.2) is 53.4 Å². The molecule has 1 fully saturated rings. The fourth-order valence-electron chi connectivity index (χ4n) is 3.63. The lowest BCUT2D eigenvalue weighted by molar-refractivity contribution is 0.0102. The van der Waals surface area contributed by atoms with Gasteiger partial charge >= 0.3 is 0 Å². The number of nitrogens with zero attached hydrogens (tertiary/aromatic N) is 2. The van der Waals surface area contributed by atoms with Gasteiger partial charge in [0.1, 0.15) is 0 Å². The number of fused-ring (bicyclic) bond motifs is 1. The van der Waals surface area contributed by atoms with E-state index in [0.717, 1.165) is 17.7 Å². The molecule has 0 saturated carbocycles. The third-order valence-corrected chi connectivity index (χ3v) is 6.95. The lowest BCUT2D eigenvalue weighted by Gasteiger charge is -2.30. The molecule has 2 aromatic carbocycles. The van der Waals surface area contributed by atoms with Crippen molar-refractivity contribution in [2.24, 2.45) is 0 Å². The fraction of sp³-hybridized carbons (Fsp3) is 0.350. The molecular formula is C20H22N2O4S. The first-order chi connectivity index (χ1) is 13.0. The van der Waals surface area contributed by atoms with Crippen LogP contribution in [-0.2, 0) is 21.2 Å². The van der Waals surface area contributed by atoms with E-state index in [1.54, 1.807) is 17.0 Å². The fourth-order valence-corrected chi connectivity index (χ4v) is 5.13. The van der Waals surface area contributed by atoms with E-state index in [2.05, 4.69) is 0 Å². The highest BCUT2D eigenvalue weighted by molar-refractivity contribution is 7.89. The average Bonchev–Trinajstić information content (AvgIpc) is 3.12. The zero-order valence-corrected chi connectivity index (χ0v) is 16.0. The number of hydrogen-bond acceptors (Lipinski definition) is 4. The van der Waals surface area contributed by atoms with E-state index in [-0.39, 0.29) is 16.9 Å². The van der Waals surface area contributed by atoms with Gasteiger partial charge in [-0.25, -0.2) is 8.42 Å². The van der Waals surface area contributed by atoms with Crippen molar-refractivity contribution >= 4 is 21.6 Å². The molecule has 2 aliphatic rings. The second kappa shape index (κ2) is 7.07. The third kappa shape index (κ3) is 3.38. The van der Waals surface area contributed by atoms with Gasteiger partial charge in [0.15, 0.2) is 0 Å². The number of para-hydroxylation sites is 1. The molecule has 1 unspecified atom stereocenters. The van der Waals surface area contributed by atoms with Crippen LogP contribution in [0.3, 0.4) is 0 Å².